The van der Waals surface area contributed by atoms with E-state index < -0.39 is 0 Å². The summed E-state index contributed by atoms with van der Waals surface area (Å²) in [7, 11) is 0. The second-order valence-electron chi connectivity index (χ2n) is 6.73. The highest BCUT2D eigenvalue weighted by molar-refractivity contribution is 7.12. The van der Waals surface area contributed by atoms with Gasteiger partial charge in [-0.25, -0.2) is 4.98 Å². The summed E-state index contributed by atoms with van der Waals surface area (Å²) in [6, 6.07) is 15.4. The molecule has 0 amide bonds. The molecule has 0 aliphatic carbocycles. The van der Waals surface area contributed by atoms with Crippen molar-refractivity contribution in [2.24, 2.45) is 10.2 Å². The molecule has 7 nitrogen and oxygen atoms in total. The third-order valence-electron chi connectivity index (χ3n) is 4.48. The second kappa shape index (κ2) is 8.46. The lowest BCUT2D eigenvalue weighted by Crippen LogP contribution is -2.13. The van der Waals surface area contributed by atoms with Gasteiger partial charge in [-0.15, -0.1) is 16.5 Å². The number of ether oxygens (including phenoxy) is 1. The third kappa shape index (κ3) is 4.08. The van der Waals surface area contributed by atoms with Crippen LogP contribution in [0.3, 0.4) is 0 Å². The van der Waals surface area contributed by atoms with Crippen molar-refractivity contribution in [3.8, 4) is 22.1 Å². The molecular formula is C22H21N5O2S. The van der Waals surface area contributed by atoms with E-state index in [2.05, 4.69) is 20.3 Å². The monoisotopic (exact) mass is 419 g/mol. The molecule has 152 valence electrons. The first-order valence-corrected chi connectivity index (χ1v) is 10.4. The predicted octanol–water partition coefficient (Wildman–Crippen LogP) is 5.72. The first-order valence-electron chi connectivity index (χ1n) is 9.54. The van der Waals surface area contributed by atoms with Gasteiger partial charge in [0.15, 0.2) is 5.69 Å². The number of nitrogens with zero attached hydrogens (tertiary/aromatic N) is 4. The van der Waals surface area contributed by atoms with Gasteiger partial charge in [-0.3, -0.25) is 9.89 Å². The van der Waals surface area contributed by atoms with Crippen molar-refractivity contribution < 1.29 is 4.74 Å². The van der Waals surface area contributed by atoms with Gasteiger partial charge in [0.1, 0.15) is 5.75 Å². The molecule has 0 radical (unpaired) electrons. The highest BCUT2D eigenvalue weighted by Crippen LogP contribution is 2.25. The van der Waals surface area contributed by atoms with Crippen LogP contribution in [0.1, 0.15) is 18.2 Å². The number of H-pyrrole nitrogens is 1. The number of nitrogens with one attached hydrogen (secondary N) is 1. The van der Waals surface area contributed by atoms with Crippen LogP contribution in [0.25, 0.3) is 16.4 Å². The summed E-state index contributed by atoms with van der Waals surface area (Å²) in [6.45, 7) is 6.37. The summed E-state index contributed by atoms with van der Waals surface area (Å²) in [5, 5.41) is 13.9. The molecule has 2 heterocycles. The number of benzene rings is 2. The Kier molecular flexibility index (Phi) is 5.58. The van der Waals surface area contributed by atoms with Crippen LogP contribution in [0, 0.1) is 13.8 Å². The van der Waals surface area contributed by atoms with E-state index in [-0.39, 0.29) is 11.2 Å². The highest BCUT2D eigenvalue weighted by atomic mass is 32.1. The Bertz CT molecular complexity index is 1230. The van der Waals surface area contributed by atoms with Gasteiger partial charge in [0, 0.05) is 10.9 Å². The Morgan fingerprint density at radius 3 is 2.50 bits per heavy atom. The number of thiazole rings is 1. The van der Waals surface area contributed by atoms with Gasteiger partial charge in [0.05, 0.1) is 23.7 Å². The Hall–Kier alpha value is -3.52. The van der Waals surface area contributed by atoms with Crippen molar-refractivity contribution in [3.63, 3.8) is 0 Å². The molecule has 0 atom stereocenters. The largest absolute Gasteiger partial charge is 0.494 e. The van der Waals surface area contributed by atoms with E-state index in [0.29, 0.717) is 23.1 Å². The average molecular weight is 420 g/mol. The third-order valence-corrected chi connectivity index (χ3v) is 5.31. The molecule has 0 unspecified atom stereocenters. The molecule has 4 aromatic rings. The number of hydrogen-bond acceptors (Lipinski definition) is 6. The molecule has 2 aromatic heterocycles. The predicted molar refractivity (Wildman–Crippen MR) is 119 cm³/mol. The van der Waals surface area contributed by atoms with Gasteiger partial charge >= 0.3 is 5.56 Å². The summed E-state index contributed by atoms with van der Waals surface area (Å²) >= 11 is 1.39. The van der Waals surface area contributed by atoms with Gasteiger partial charge in [0.2, 0.25) is 5.13 Å². The van der Waals surface area contributed by atoms with Crippen LogP contribution >= 0.6 is 11.3 Å². The fourth-order valence-electron chi connectivity index (χ4n) is 2.90. The van der Waals surface area contributed by atoms with Crippen molar-refractivity contribution in [2.75, 3.05) is 6.61 Å². The van der Waals surface area contributed by atoms with Crippen molar-refractivity contribution in [1.29, 1.82) is 0 Å². The topological polar surface area (TPSA) is 84.6 Å². The molecule has 1 N–H and O–H groups in total. The summed E-state index contributed by atoms with van der Waals surface area (Å²) in [6.07, 6.45) is 0. The van der Waals surface area contributed by atoms with Crippen LogP contribution in [0.15, 0.2) is 68.9 Å². The Morgan fingerprint density at radius 2 is 1.80 bits per heavy atom. The highest BCUT2D eigenvalue weighted by Gasteiger charge is 2.15. The summed E-state index contributed by atoms with van der Waals surface area (Å²) < 4.78 is 6.82. The minimum atomic E-state index is -0.285. The molecule has 0 aliphatic rings. The maximum Gasteiger partial charge on any atom is 0.301 e. The van der Waals surface area contributed by atoms with E-state index in [4.69, 9.17) is 4.74 Å². The van der Waals surface area contributed by atoms with Crippen LogP contribution in [-0.4, -0.2) is 21.4 Å². The van der Waals surface area contributed by atoms with E-state index in [9.17, 15) is 4.79 Å². The molecule has 0 saturated carbocycles. The summed E-state index contributed by atoms with van der Waals surface area (Å²) in [4.78, 5) is 17.5. The number of aromatic nitrogens is 3. The number of aryl methyl sites for hydroxylation is 2. The lowest BCUT2D eigenvalue weighted by Gasteiger charge is -2.01. The molecule has 4 rings (SSSR count). The zero-order valence-electron chi connectivity index (χ0n) is 16.9. The number of aromatic amines is 1. The van der Waals surface area contributed by atoms with Crippen LogP contribution in [0.4, 0.5) is 11.4 Å². The molecule has 0 saturated heterocycles. The maximum atomic E-state index is 12.9. The van der Waals surface area contributed by atoms with Crippen molar-refractivity contribution in [3.05, 3.63) is 75.5 Å². The van der Waals surface area contributed by atoms with Crippen LogP contribution in [0.5, 0.6) is 5.75 Å². The molecular weight excluding hydrogens is 398 g/mol. The first-order chi connectivity index (χ1) is 14.5. The van der Waals surface area contributed by atoms with E-state index in [1.165, 1.54) is 21.6 Å². The van der Waals surface area contributed by atoms with Crippen LogP contribution in [-0.2, 0) is 0 Å². The molecule has 30 heavy (non-hydrogen) atoms. The normalized spacial score (nSPS) is 11.3. The number of hydrogen-bond donors (Lipinski definition) is 1. The molecule has 2 aromatic carbocycles. The summed E-state index contributed by atoms with van der Waals surface area (Å²) in [5.41, 5.74) is 4.26. The van der Waals surface area contributed by atoms with Gasteiger partial charge < -0.3 is 4.74 Å². The lowest BCUT2D eigenvalue weighted by molar-refractivity contribution is 0.340. The molecule has 0 aliphatic heterocycles. The van der Waals surface area contributed by atoms with Crippen molar-refractivity contribution >= 4 is 22.7 Å². The standard InChI is InChI=1S/C22H21N5O2S/c1-4-29-18-11-9-17(10-12-18)24-25-20-15(3)26-27(21(20)28)22-23-19(13-30-22)16-7-5-14(2)6-8-16/h5-13,26H,4H2,1-3H3. The van der Waals surface area contributed by atoms with Crippen LogP contribution < -0.4 is 10.3 Å². The SMILES string of the molecule is CCOc1ccc(N=Nc2c(C)[nH]n(-c3nc(-c4ccc(C)cc4)cs3)c2=O)cc1. The van der Waals surface area contributed by atoms with E-state index >= 15 is 0 Å². The van der Waals surface area contributed by atoms with Gasteiger partial charge in [-0.05, 0) is 45.0 Å². The molecule has 0 spiro atoms. The molecule has 0 fully saturated rings. The molecule has 0 bridgehead atoms. The minimum Gasteiger partial charge on any atom is -0.494 e. The number of azo groups is 1. The van der Waals surface area contributed by atoms with E-state index in [1.54, 1.807) is 19.1 Å². The lowest BCUT2D eigenvalue weighted by atomic mass is 10.1. The first kappa shape index (κ1) is 19.8. The summed E-state index contributed by atoms with van der Waals surface area (Å²) in [5.74, 6) is 0.768. The average Bonchev–Trinajstić information content (AvgIpc) is 3.33. The fraction of sp³-hybridized carbons (Fsp3) is 0.182. The van der Waals surface area contributed by atoms with Gasteiger partial charge in [-0.2, -0.15) is 9.80 Å². The van der Waals surface area contributed by atoms with Crippen molar-refractivity contribution in [1.82, 2.24) is 14.8 Å². The van der Waals surface area contributed by atoms with Crippen LogP contribution in [0.2, 0.25) is 0 Å². The Morgan fingerprint density at radius 1 is 1.07 bits per heavy atom. The molecule has 8 heteroatoms. The Balaban J connectivity index is 1.59. The smallest absolute Gasteiger partial charge is 0.301 e. The maximum absolute atomic E-state index is 12.9. The zero-order valence-corrected chi connectivity index (χ0v) is 17.7. The fourth-order valence-corrected chi connectivity index (χ4v) is 3.69. The second-order valence-corrected chi connectivity index (χ2v) is 7.57. The Labute approximate surface area is 177 Å². The van der Waals surface area contributed by atoms with Gasteiger partial charge in [0.25, 0.3) is 0 Å². The van der Waals surface area contributed by atoms with E-state index in [1.807, 2.05) is 55.6 Å². The quantitative estimate of drug-likeness (QED) is 0.406. The minimum absolute atomic E-state index is 0.260. The van der Waals surface area contributed by atoms with Gasteiger partial charge in [-0.1, -0.05) is 29.8 Å². The zero-order chi connectivity index (χ0) is 21.1. The van der Waals surface area contributed by atoms with Crippen molar-refractivity contribution in [2.45, 2.75) is 20.8 Å². The van der Waals surface area contributed by atoms with E-state index in [0.717, 1.165) is 17.0 Å². The number of rotatable bonds is 6.